The standard InChI is InChI=1S/C28H30INO/c1-20-16-21(18-25(29)17-20)19-31-28-24-12-14-30(15-13-24)27(28)26(22-8-4-2-5-9-22)23-10-6-3-7-11-23/h2-11,16-18,24,26-28H,12-15,19H2,1H3. The lowest BCUT2D eigenvalue weighted by Gasteiger charge is -2.53. The van der Waals surface area contributed by atoms with Crippen LogP contribution in [0.25, 0.3) is 0 Å². The van der Waals surface area contributed by atoms with E-state index in [1.54, 1.807) is 0 Å². The van der Waals surface area contributed by atoms with Crippen LogP contribution in [0, 0.1) is 16.4 Å². The third-order valence-corrected chi connectivity index (χ3v) is 7.62. The molecule has 2 unspecified atom stereocenters. The van der Waals surface area contributed by atoms with Crippen LogP contribution < -0.4 is 0 Å². The van der Waals surface area contributed by atoms with Crippen LogP contribution in [0.3, 0.4) is 0 Å². The second kappa shape index (κ2) is 9.43. The van der Waals surface area contributed by atoms with Gasteiger partial charge in [0, 0.05) is 15.5 Å². The molecule has 3 heteroatoms. The minimum absolute atomic E-state index is 0.256. The second-order valence-corrected chi connectivity index (χ2v) is 10.3. The van der Waals surface area contributed by atoms with Gasteiger partial charge in [0.05, 0.1) is 12.7 Å². The molecule has 3 aliphatic heterocycles. The van der Waals surface area contributed by atoms with Crippen LogP contribution in [0.4, 0.5) is 0 Å². The maximum absolute atomic E-state index is 6.80. The van der Waals surface area contributed by atoms with Crippen LogP contribution in [0.5, 0.6) is 0 Å². The van der Waals surface area contributed by atoms with Crippen molar-refractivity contribution in [3.05, 3.63) is 105 Å². The summed E-state index contributed by atoms with van der Waals surface area (Å²) >= 11 is 2.41. The summed E-state index contributed by atoms with van der Waals surface area (Å²) in [5.74, 6) is 0.974. The Balaban J connectivity index is 1.49. The van der Waals surface area contributed by atoms with Gasteiger partial charge >= 0.3 is 0 Å². The quantitative estimate of drug-likeness (QED) is 0.346. The Bertz CT molecular complexity index is 938. The van der Waals surface area contributed by atoms with Gasteiger partial charge in [-0.25, -0.2) is 0 Å². The molecular formula is C28H30INO. The van der Waals surface area contributed by atoms with Gasteiger partial charge in [0.25, 0.3) is 0 Å². The molecule has 0 amide bonds. The number of benzene rings is 3. The minimum atomic E-state index is 0.256. The number of nitrogens with zero attached hydrogens (tertiary/aromatic N) is 1. The fourth-order valence-corrected chi connectivity index (χ4v) is 6.55. The van der Waals surface area contributed by atoms with E-state index in [-0.39, 0.29) is 6.10 Å². The zero-order chi connectivity index (χ0) is 21.2. The molecular weight excluding hydrogens is 493 g/mol. The molecule has 0 saturated carbocycles. The molecule has 0 aliphatic carbocycles. The van der Waals surface area contributed by atoms with Crippen molar-refractivity contribution in [2.24, 2.45) is 5.92 Å². The Labute approximate surface area is 199 Å². The highest BCUT2D eigenvalue weighted by Gasteiger charge is 2.47. The van der Waals surface area contributed by atoms with Gasteiger partial charge in [-0.2, -0.15) is 0 Å². The van der Waals surface area contributed by atoms with Crippen molar-refractivity contribution in [3.63, 3.8) is 0 Å². The second-order valence-electron chi connectivity index (χ2n) is 9.08. The maximum atomic E-state index is 6.80. The predicted octanol–water partition coefficient (Wildman–Crippen LogP) is 6.41. The average molecular weight is 523 g/mol. The molecule has 3 saturated heterocycles. The van der Waals surface area contributed by atoms with Crippen molar-refractivity contribution in [2.45, 2.75) is 44.4 Å². The number of hydrogen-bond acceptors (Lipinski definition) is 2. The lowest BCUT2D eigenvalue weighted by molar-refractivity contribution is -0.120. The molecule has 0 radical (unpaired) electrons. The summed E-state index contributed by atoms with van der Waals surface area (Å²) in [4.78, 5) is 2.70. The highest BCUT2D eigenvalue weighted by molar-refractivity contribution is 14.1. The van der Waals surface area contributed by atoms with E-state index < -0.39 is 0 Å². The molecule has 3 aromatic rings. The number of halogens is 1. The van der Waals surface area contributed by atoms with E-state index in [9.17, 15) is 0 Å². The Morgan fingerprint density at radius 2 is 1.52 bits per heavy atom. The SMILES string of the molecule is Cc1cc(I)cc(COC2C3CCN(CC3)C2C(c2ccccc2)c2ccccc2)c1. The fraction of sp³-hybridized carbons (Fsp3) is 0.357. The van der Waals surface area contributed by atoms with Crippen LogP contribution >= 0.6 is 22.6 Å². The van der Waals surface area contributed by atoms with Crippen molar-refractivity contribution in [2.75, 3.05) is 13.1 Å². The number of rotatable bonds is 6. The monoisotopic (exact) mass is 523 g/mol. The molecule has 3 aromatic carbocycles. The van der Waals surface area contributed by atoms with Crippen LogP contribution in [-0.2, 0) is 11.3 Å². The van der Waals surface area contributed by atoms with Gasteiger partial charge in [-0.1, -0.05) is 66.7 Å². The molecule has 6 rings (SSSR count). The van der Waals surface area contributed by atoms with E-state index >= 15 is 0 Å². The van der Waals surface area contributed by atoms with Crippen molar-refractivity contribution >= 4 is 22.6 Å². The van der Waals surface area contributed by atoms with Crippen molar-refractivity contribution in [1.29, 1.82) is 0 Å². The summed E-state index contributed by atoms with van der Waals surface area (Å²) in [5, 5.41) is 0. The zero-order valence-corrected chi connectivity index (χ0v) is 20.2. The Hall–Kier alpha value is -1.69. The zero-order valence-electron chi connectivity index (χ0n) is 18.1. The molecule has 3 aliphatic rings. The first-order valence-electron chi connectivity index (χ1n) is 11.4. The first kappa shape index (κ1) is 21.2. The molecule has 2 atom stereocenters. The Morgan fingerprint density at radius 1 is 0.903 bits per heavy atom. The summed E-state index contributed by atoms with van der Waals surface area (Å²) in [6.45, 7) is 5.24. The van der Waals surface area contributed by atoms with Crippen molar-refractivity contribution < 1.29 is 4.74 Å². The molecule has 160 valence electrons. The van der Waals surface area contributed by atoms with E-state index in [1.807, 2.05) is 0 Å². The lowest BCUT2D eigenvalue weighted by atomic mass is 9.72. The van der Waals surface area contributed by atoms with E-state index in [1.165, 1.54) is 51.8 Å². The largest absolute Gasteiger partial charge is 0.372 e. The summed E-state index contributed by atoms with van der Waals surface area (Å²) in [7, 11) is 0. The molecule has 3 fully saturated rings. The van der Waals surface area contributed by atoms with Gasteiger partial charge in [0.15, 0.2) is 0 Å². The van der Waals surface area contributed by atoms with Gasteiger partial charge in [-0.3, -0.25) is 4.90 Å². The molecule has 3 heterocycles. The summed E-state index contributed by atoms with van der Waals surface area (Å²) in [6.07, 6.45) is 2.76. The number of ether oxygens (including phenoxy) is 1. The summed E-state index contributed by atoms with van der Waals surface area (Å²) < 4.78 is 8.09. The smallest absolute Gasteiger partial charge is 0.0773 e. The Kier molecular flexibility index (Phi) is 6.44. The van der Waals surface area contributed by atoms with Crippen molar-refractivity contribution in [1.82, 2.24) is 4.90 Å². The van der Waals surface area contributed by atoms with E-state index in [0.29, 0.717) is 24.5 Å². The van der Waals surface area contributed by atoms with Gasteiger partial charge in [0.2, 0.25) is 0 Å². The first-order chi connectivity index (χ1) is 15.2. The number of fused-ring (bicyclic) bond motifs is 3. The predicted molar refractivity (Wildman–Crippen MR) is 135 cm³/mol. The van der Waals surface area contributed by atoms with Crippen LogP contribution in [0.15, 0.2) is 78.9 Å². The fourth-order valence-electron chi connectivity index (χ4n) is 5.66. The number of piperidine rings is 3. The molecule has 0 N–H and O–H groups in total. The van der Waals surface area contributed by atoms with E-state index in [0.717, 1.165) is 0 Å². The van der Waals surface area contributed by atoms with Gasteiger partial charge in [0.1, 0.15) is 0 Å². The normalized spacial score (nSPS) is 25.1. The molecule has 0 spiro atoms. The highest BCUT2D eigenvalue weighted by Crippen LogP contribution is 2.43. The molecule has 2 nitrogen and oxygen atoms in total. The Morgan fingerprint density at radius 3 is 2.10 bits per heavy atom. The van der Waals surface area contributed by atoms with E-state index in [2.05, 4.69) is 113 Å². The van der Waals surface area contributed by atoms with Crippen LogP contribution in [0.1, 0.15) is 41.0 Å². The lowest BCUT2D eigenvalue weighted by Crippen LogP contribution is -2.60. The first-order valence-corrected chi connectivity index (χ1v) is 12.5. The molecule has 0 aromatic heterocycles. The van der Waals surface area contributed by atoms with Gasteiger partial charge in [-0.15, -0.1) is 0 Å². The molecule has 2 bridgehead atoms. The molecule has 31 heavy (non-hydrogen) atoms. The number of hydrogen-bond donors (Lipinski definition) is 0. The summed E-state index contributed by atoms with van der Waals surface area (Å²) in [5.41, 5.74) is 5.38. The van der Waals surface area contributed by atoms with Gasteiger partial charge in [-0.05, 0) is 95.8 Å². The van der Waals surface area contributed by atoms with Crippen molar-refractivity contribution in [3.8, 4) is 0 Å². The maximum Gasteiger partial charge on any atom is 0.0773 e. The van der Waals surface area contributed by atoms with Crippen LogP contribution in [0.2, 0.25) is 0 Å². The topological polar surface area (TPSA) is 12.5 Å². The van der Waals surface area contributed by atoms with Crippen LogP contribution in [-0.4, -0.2) is 30.1 Å². The third kappa shape index (κ3) is 4.59. The van der Waals surface area contributed by atoms with E-state index in [4.69, 9.17) is 4.74 Å². The average Bonchev–Trinajstić information content (AvgIpc) is 2.80. The minimum Gasteiger partial charge on any atom is -0.372 e. The van der Waals surface area contributed by atoms with Gasteiger partial charge < -0.3 is 4.74 Å². The number of aryl methyl sites for hydroxylation is 1. The third-order valence-electron chi connectivity index (χ3n) is 7.00. The summed E-state index contributed by atoms with van der Waals surface area (Å²) in [6, 6.07) is 29.2. The highest BCUT2D eigenvalue weighted by atomic mass is 127.